The van der Waals surface area contributed by atoms with Crippen molar-refractivity contribution in [2.75, 3.05) is 0 Å². The highest BCUT2D eigenvalue weighted by Crippen LogP contribution is 2.59. The summed E-state index contributed by atoms with van der Waals surface area (Å²) in [5.74, 6) is -3.95. The summed E-state index contributed by atoms with van der Waals surface area (Å²) in [6.45, 7) is 2.71. The Morgan fingerprint density at radius 1 is 1.07 bits per heavy atom. The SMILES string of the molecule is CC(C)C1(C(F)(F)F)CCC(F)(F)C1. The summed E-state index contributed by atoms with van der Waals surface area (Å²) in [6, 6.07) is 0. The van der Waals surface area contributed by atoms with Gasteiger partial charge in [-0.25, -0.2) is 8.78 Å². The molecule has 0 heterocycles. The van der Waals surface area contributed by atoms with Crippen molar-refractivity contribution in [3.63, 3.8) is 0 Å². The predicted octanol–water partition coefficient (Wildman–Crippen LogP) is 4.01. The van der Waals surface area contributed by atoms with E-state index in [0.29, 0.717) is 0 Å². The van der Waals surface area contributed by atoms with Gasteiger partial charge >= 0.3 is 6.18 Å². The van der Waals surface area contributed by atoms with Crippen molar-refractivity contribution < 1.29 is 22.0 Å². The lowest BCUT2D eigenvalue weighted by Gasteiger charge is -2.35. The molecule has 0 saturated heterocycles. The average Bonchev–Trinajstić information content (AvgIpc) is 2.25. The lowest BCUT2D eigenvalue weighted by atomic mass is 9.75. The molecule has 5 heteroatoms. The van der Waals surface area contributed by atoms with Gasteiger partial charge in [-0.15, -0.1) is 0 Å². The van der Waals surface area contributed by atoms with Crippen LogP contribution in [0.3, 0.4) is 0 Å². The number of alkyl halides is 5. The van der Waals surface area contributed by atoms with Crippen molar-refractivity contribution in [1.82, 2.24) is 0 Å². The van der Waals surface area contributed by atoms with Crippen molar-refractivity contribution in [1.29, 1.82) is 0 Å². The van der Waals surface area contributed by atoms with E-state index in [2.05, 4.69) is 0 Å². The van der Waals surface area contributed by atoms with Crippen molar-refractivity contribution in [2.24, 2.45) is 11.3 Å². The Morgan fingerprint density at radius 3 is 1.71 bits per heavy atom. The Kier molecular flexibility index (Phi) is 2.57. The van der Waals surface area contributed by atoms with Gasteiger partial charge in [0.2, 0.25) is 5.92 Å². The molecule has 1 saturated carbocycles. The molecular formula is C9H13F5. The predicted molar refractivity (Wildman–Crippen MR) is 42.1 cm³/mol. The van der Waals surface area contributed by atoms with Gasteiger partial charge in [0, 0.05) is 12.8 Å². The van der Waals surface area contributed by atoms with Crippen molar-refractivity contribution in [3.8, 4) is 0 Å². The zero-order valence-electron chi connectivity index (χ0n) is 8.09. The molecule has 1 rings (SSSR count). The van der Waals surface area contributed by atoms with Crippen LogP contribution in [0.2, 0.25) is 0 Å². The largest absolute Gasteiger partial charge is 0.394 e. The average molecular weight is 216 g/mol. The van der Waals surface area contributed by atoms with Crippen LogP contribution in [0.4, 0.5) is 22.0 Å². The number of hydrogen-bond donors (Lipinski definition) is 0. The second-order valence-corrected chi connectivity index (χ2v) is 4.34. The van der Waals surface area contributed by atoms with Gasteiger partial charge < -0.3 is 0 Å². The summed E-state index contributed by atoms with van der Waals surface area (Å²) in [5.41, 5.74) is -2.18. The molecule has 1 unspecified atom stereocenters. The Hall–Kier alpha value is -0.350. The molecule has 0 bridgehead atoms. The van der Waals surface area contributed by atoms with Crippen molar-refractivity contribution >= 4 is 0 Å². The molecule has 0 radical (unpaired) electrons. The fourth-order valence-corrected chi connectivity index (χ4v) is 2.11. The second kappa shape index (κ2) is 3.07. The van der Waals surface area contributed by atoms with Crippen LogP contribution in [-0.2, 0) is 0 Å². The fourth-order valence-electron chi connectivity index (χ4n) is 2.11. The minimum Gasteiger partial charge on any atom is -0.207 e. The van der Waals surface area contributed by atoms with E-state index in [9.17, 15) is 22.0 Å². The molecule has 0 amide bonds. The highest BCUT2D eigenvalue weighted by Gasteiger charge is 2.64. The molecule has 0 aliphatic heterocycles. The van der Waals surface area contributed by atoms with Crippen LogP contribution in [-0.4, -0.2) is 12.1 Å². The number of hydrogen-bond acceptors (Lipinski definition) is 0. The molecule has 0 aromatic heterocycles. The van der Waals surface area contributed by atoms with Gasteiger partial charge in [-0.3, -0.25) is 0 Å². The van der Waals surface area contributed by atoms with Crippen LogP contribution in [0.15, 0.2) is 0 Å². The van der Waals surface area contributed by atoms with Gasteiger partial charge in [-0.1, -0.05) is 13.8 Å². The van der Waals surface area contributed by atoms with Gasteiger partial charge in [-0.2, -0.15) is 13.2 Å². The molecule has 1 aliphatic carbocycles. The summed E-state index contributed by atoms with van der Waals surface area (Å²) < 4.78 is 63.7. The number of rotatable bonds is 1. The van der Waals surface area contributed by atoms with E-state index >= 15 is 0 Å². The fraction of sp³-hybridized carbons (Fsp3) is 1.00. The van der Waals surface area contributed by atoms with Gasteiger partial charge in [0.15, 0.2) is 0 Å². The standard InChI is InChI=1S/C9H13F5/c1-6(2)7(9(12,13)14)3-4-8(10,11)5-7/h6H,3-5H2,1-2H3. The molecule has 14 heavy (non-hydrogen) atoms. The van der Waals surface area contributed by atoms with Crippen LogP contribution in [0.5, 0.6) is 0 Å². The van der Waals surface area contributed by atoms with E-state index in [4.69, 9.17) is 0 Å². The maximum Gasteiger partial charge on any atom is 0.394 e. The first-order valence-corrected chi connectivity index (χ1v) is 4.55. The van der Waals surface area contributed by atoms with Crippen molar-refractivity contribution in [2.45, 2.75) is 45.2 Å². The van der Waals surface area contributed by atoms with Crippen LogP contribution in [0, 0.1) is 11.3 Å². The maximum absolute atomic E-state index is 12.8. The Bertz CT molecular complexity index is 218. The Morgan fingerprint density at radius 2 is 1.57 bits per heavy atom. The lowest BCUT2D eigenvalue weighted by molar-refractivity contribution is -0.243. The first kappa shape index (κ1) is 11.7. The molecule has 1 fully saturated rings. The summed E-state index contributed by atoms with van der Waals surface area (Å²) >= 11 is 0. The normalized spacial score (nSPS) is 32.6. The lowest BCUT2D eigenvalue weighted by Crippen LogP contribution is -2.41. The van der Waals surface area contributed by atoms with E-state index in [1.54, 1.807) is 0 Å². The highest BCUT2D eigenvalue weighted by atomic mass is 19.4. The summed E-state index contributed by atoms with van der Waals surface area (Å²) in [6.07, 6.45) is -6.69. The van der Waals surface area contributed by atoms with Gasteiger partial charge in [0.1, 0.15) is 0 Å². The topological polar surface area (TPSA) is 0 Å². The smallest absolute Gasteiger partial charge is 0.207 e. The first-order valence-electron chi connectivity index (χ1n) is 4.55. The third-order valence-corrected chi connectivity index (χ3v) is 3.18. The Labute approximate surface area is 79.5 Å². The second-order valence-electron chi connectivity index (χ2n) is 4.34. The van der Waals surface area contributed by atoms with Crippen LogP contribution in [0.1, 0.15) is 33.1 Å². The van der Waals surface area contributed by atoms with E-state index in [1.807, 2.05) is 0 Å². The molecular weight excluding hydrogens is 203 g/mol. The van der Waals surface area contributed by atoms with E-state index < -0.39 is 42.7 Å². The quantitative estimate of drug-likeness (QED) is 0.581. The number of halogens is 5. The summed E-state index contributed by atoms with van der Waals surface area (Å²) in [4.78, 5) is 0. The molecule has 1 atom stereocenters. The third kappa shape index (κ3) is 1.73. The van der Waals surface area contributed by atoms with E-state index in [-0.39, 0.29) is 0 Å². The zero-order chi connectivity index (χ0) is 11.2. The molecule has 0 nitrogen and oxygen atoms in total. The molecule has 84 valence electrons. The minimum absolute atomic E-state index is 0.457. The first-order chi connectivity index (χ1) is 6.11. The van der Waals surface area contributed by atoms with Gasteiger partial charge in [0.25, 0.3) is 0 Å². The highest BCUT2D eigenvalue weighted by molar-refractivity contribution is 4.99. The minimum atomic E-state index is -4.53. The van der Waals surface area contributed by atoms with Crippen LogP contribution < -0.4 is 0 Å². The maximum atomic E-state index is 12.8. The van der Waals surface area contributed by atoms with E-state index in [1.165, 1.54) is 13.8 Å². The molecule has 0 N–H and O–H groups in total. The molecule has 0 aromatic rings. The zero-order valence-corrected chi connectivity index (χ0v) is 8.09. The summed E-state index contributed by atoms with van der Waals surface area (Å²) in [7, 11) is 0. The Balaban J connectivity index is 2.99. The van der Waals surface area contributed by atoms with Gasteiger partial charge in [0.05, 0.1) is 5.41 Å². The van der Waals surface area contributed by atoms with Crippen LogP contribution in [0.25, 0.3) is 0 Å². The van der Waals surface area contributed by atoms with Crippen molar-refractivity contribution in [3.05, 3.63) is 0 Å². The third-order valence-electron chi connectivity index (χ3n) is 3.18. The van der Waals surface area contributed by atoms with Crippen LogP contribution >= 0.6 is 0 Å². The molecule has 0 spiro atoms. The van der Waals surface area contributed by atoms with E-state index in [0.717, 1.165) is 0 Å². The summed E-state index contributed by atoms with van der Waals surface area (Å²) in [5, 5.41) is 0. The van der Waals surface area contributed by atoms with Gasteiger partial charge in [-0.05, 0) is 12.3 Å². The monoisotopic (exact) mass is 216 g/mol. The molecule has 0 aromatic carbocycles. The molecule has 1 aliphatic rings.